The smallest absolute Gasteiger partial charge is 0.211 e. The van der Waals surface area contributed by atoms with E-state index in [1.165, 1.54) is 12.1 Å². The van der Waals surface area contributed by atoms with Crippen LogP contribution in [-0.4, -0.2) is 17.6 Å². The molecule has 3 rings (SSSR count). The molecular weight excluding hydrogens is 363 g/mol. The average Bonchev–Trinajstić information content (AvgIpc) is 2.65. The Kier molecular flexibility index (Phi) is 5.14. The molecule has 0 bridgehead atoms. The van der Waals surface area contributed by atoms with Gasteiger partial charge in [-0.1, -0.05) is 6.92 Å². The fourth-order valence-corrected chi connectivity index (χ4v) is 2.87. The number of guanidine groups is 1. The molecule has 9 nitrogen and oxygen atoms in total. The summed E-state index contributed by atoms with van der Waals surface area (Å²) in [5.74, 6) is 0.0818. The number of halogens is 1. The van der Waals surface area contributed by atoms with Crippen LogP contribution in [0.25, 0.3) is 0 Å². The molecule has 6 N–H and O–H groups in total. The third kappa shape index (κ3) is 3.44. The second-order valence-electron chi connectivity index (χ2n) is 5.97. The van der Waals surface area contributed by atoms with Crippen LogP contribution < -0.4 is 26.8 Å². The summed E-state index contributed by atoms with van der Waals surface area (Å²) < 4.78 is 19.7. The van der Waals surface area contributed by atoms with Gasteiger partial charge in [-0.3, -0.25) is 5.32 Å². The summed E-state index contributed by atoms with van der Waals surface area (Å²) in [5, 5.41) is 23.5. The van der Waals surface area contributed by atoms with Crippen LogP contribution in [0.4, 0.5) is 21.7 Å². The highest BCUT2D eigenvalue weighted by Crippen LogP contribution is 2.41. The molecular formula is C18H17FN8O. The number of aliphatic imine (C=N–C) groups is 1. The third-order valence-electron chi connectivity index (χ3n) is 4.04. The Hall–Kier alpha value is -4.05. The van der Waals surface area contributed by atoms with Gasteiger partial charge in [0.05, 0.1) is 12.3 Å². The first-order valence-electron chi connectivity index (χ1n) is 8.40. The van der Waals surface area contributed by atoms with Crippen molar-refractivity contribution in [2.75, 3.05) is 23.4 Å². The number of hydrogen-bond acceptors (Lipinski definition) is 9. The van der Waals surface area contributed by atoms with E-state index in [1.54, 1.807) is 12.3 Å². The number of aromatic nitrogens is 1. The highest BCUT2D eigenvalue weighted by atomic mass is 19.1. The molecule has 1 atom stereocenters. The van der Waals surface area contributed by atoms with Gasteiger partial charge in [-0.05, 0) is 24.1 Å². The zero-order chi connectivity index (χ0) is 20.3. The summed E-state index contributed by atoms with van der Waals surface area (Å²) in [4.78, 5) is 8.55. The van der Waals surface area contributed by atoms with Gasteiger partial charge in [0.1, 0.15) is 40.9 Å². The second kappa shape index (κ2) is 7.68. The largest absolute Gasteiger partial charge is 0.493 e. The first kappa shape index (κ1) is 18.7. The van der Waals surface area contributed by atoms with Crippen LogP contribution >= 0.6 is 0 Å². The lowest BCUT2D eigenvalue weighted by molar-refractivity contribution is 0.315. The van der Waals surface area contributed by atoms with E-state index in [2.05, 4.69) is 20.6 Å². The maximum Gasteiger partial charge on any atom is 0.211 e. The molecule has 28 heavy (non-hydrogen) atoms. The van der Waals surface area contributed by atoms with Crippen molar-refractivity contribution in [3.63, 3.8) is 0 Å². The van der Waals surface area contributed by atoms with E-state index in [0.717, 1.165) is 6.42 Å². The monoisotopic (exact) mass is 380 g/mol. The molecule has 2 heterocycles. The van der Waals surface area contributed by atoms with Crippen LogP contribution in [0.1, 0.15) is 36.1 Å². The third-order valence-corrected chi connectivity index (χ3v) is 4.04. The van der Waals surface area contributed by atoms with Crippen molar-refractivity contribution in [1.82, 2.24) is 10.3 Å². The van der Waals surface area contributed by atoms with Crippen molar-refractivity contribution in [3.8, 4) is 18.0 Å². The lowest BCUT2D eigenvalue weighted by atomic mass is 9.95. The summed E-state index contributed by atoms with van der Waals surface area (Å²) in [6, 6.07) is 5.28. The van der Waals surface area contributed by atoms with Crippen molar-refractivity contribution in [3.05, 3.63) is 40.7 Å². The number of nitrogen functional groups attached to an aromatic ring is 2. The van der Waals surface area contributed by atoms with E-state index in [0.29, 0.717) is 23.5 Å². The summed E-state index contributed by atoms with van der Waals surface area (Å²) in [6.07, 6.45) is 2.52. The number of rotatable bonds is 4. The molecule has 1 aliphatic heterocycles. The maximum absolute atomic E-state index is 14.2. The first-order chi connectivity index (χ1) is 13.5. The van der Waals surface area contributed by atoms with Gasteiger partial charge in [0, 0.05) is 11.6 Å². The van der Waals surface area contributed by atoms with Crippen molar-refractivity contribution >= 4 is 23.3 Å². The predicted octanol–water partition coefficient (Wildman–Crippen LogP) is 1.99. The number of pyridine rings is 1. The Balaban J connectivity index is 2.19. The average molecular weight is 380 g/mol. The molecule has 0 saturated carbocycles. The van der Waals surface area contributed by atoms with Gasteiger partial charge in [-0.15, -0.1) is 0 Å². The standard InChI is InChI=1S/C18H17FN8O/c1-2-3-28-11-5-9(4-10(19)6-11)15-13-14(22)12(7-20)16(23)26-17(13)27-18(25-15)24-8-21/h4-6,15H,2-3H2,1H3,(H6,22,23,24,25,26,27). The van der Waals surface area contributed by atoms with E-state index in [1.807, 2.05) is 13.0 Å². The SMILES string of the molecule is CCCOc1cc(F)cc(C2N=C(NC#N)Nc3nc(N)c(C#N)c(N)c32)c1. The second-order valence-corrected chi connectivity index (χ2v) is 5.97. The van der Waals surface area contributed by atoms with Gasteiger partial charge < -0.3 is 21.5 Å². The van der Waals surface area contributed by atoms with E-state index < -0.39 is 11.9 Å². The van der Waals surface area contributed by atoms with Crippen LogP contribution in [0.3, 0.4) is 0 Å². The molecule has 0 spiro atoms. The Morgan fingerprint density at radius 2 is 2.11 bits per heavy atom. The molecule has 1 unspecified atom stereocenters. The van der Waals surface area contributed by atoms with Crippen molar-refractivity contribution < 1.29 is 9.13 Å². The first-order valence-corrected chi connectivity index (χ1v) is 8.40. The number of hydrogen-bond donors (Lipinski definition) is 4. The normalized spacial score (nSPS) is 14.7. The number of ether oxygens (including phenoxy) is 1. The van der Waals surface area contributed by atoms with Gasteiger partial charge in [0.25, 0.3) is 0 Å². The van der Waals surface area contributed by atoms with E-state index >= 15 is 0 Å². The molecule has 0 radical (unpaired) electrons. The molecule has 1 aliphatic rings. The highest BCUT2D eigenvalue weighted by molar-refractivity contribution is 5.98. The molecule has 10 heteroatoms. The molecule has 1 aromatic heterocycles. The maximum atomic E-state index is 14.2. The summed E-state index contributed by atoms with van der Waals surface area (Å²) >= 11 is 0. The Morgan fingerprint density at radius 1 is 1.32 bits per heavy atom. The molecule has 1 aromatic carbocycles. The number of benzene rings is 1. The fourth-order valence-electron chi connectivity index (χ4n) is 2.87. The Morgan fingerprint density at radius 3 is 2.79 bits per heavy atom. The van der Waals surface area contributed by atoms with Crippen LogP contribution in [0.2, 0.25) is 0 Å². The molecule has 0 saturated heterocycles. The van der Waals surface area contributed by atoms with Crippen molar-refractivity contribution in [2.24, 2.45) is 4.99 Å². The van der Waals surface area contributed by atoms with Crippen LogP contribution in [-0.2, 0) is 0 Å². The fraction of sp³-hybridized carbons (Fsp3) is 0.222. The lowest BCUT2D eigenvalue weighted by Gasteiger charge is -2.26. The minimum absolute atomic E-state index is 0.0105. The predicted molar refractivity (Wildman–Crippen MR) is 102 cm³/mol. The molecule has 142 valence electrons. The summed E-state index contributed by atoms with van der Waals surface area (Å²) in [5.41, 5.74) is 12.8. The topological polar surface area (TPSA) is 158 Å². The Bertz CT molecular complexity index is 1040. The number of nitrogens with zero attached hydrogens (tertiary/aromatic N) is 4. The van der Waals surface area contributed by atoms with Crippen molar-refractivity contribution in [1.29, 1.82) is 10.5 Å². The van der Waals surface area contributed by atoms with Gasteiger partial charge in [0.2, 0.25) is 5.96 Å². The molecule has 2 aromatic rings. The van der Waals surface area contributed by atoms with Gasteiger partial charge in [-0.25, -0.2) is 14.4 Å². The van der Waals surface area contributed by atoms with Gasteiger partial charge in [0.15, 0.2) is 6.19 Å². The van der Waals surface area contributed by atoms with Crippen LogP contribution in [0.15, 0.2) is 23.2 Å². The zero-order valence-electron chi connectivity index (χ0n) is 15.0. The number of anilines is 3. The zero-order valence-corrected chi connectivity index (χ0v) is 15.0. The van der Waals surface area contributed by atoms with E-state index in [9.17, 15) is 9.65 Å². The number of nitrogens with one attached hydrogen (secondary N) is 2. The quantitative estimate of drug-likeness (QED) is 0.463. The minimum atomic E-state index is -0.827. The lowest BCUT2D eigenvalue weighted by Crippen LogP contribution is -2.32. The van der Waals surface area contributed by atoms with E-state index in [-0.39, 0.29) is 28.8 Å². The van der Waals surface area contributed by atoms with Gasteiger partial charge in [-0.2, -0.15) is 10.5 Å². The molecule has 0 aliphatic carbocycles. The van der Waals surface area contributed by atoms with Gasteiger partial charge >= 0.3 is 0 Å². The Labute approximate surface area is 160 Å². The summed E-state index contributed by atoms with van der Waals surface area (Å²) in [7, 11) is 0. The molecule has 0 fully saturated rings. The van der Waals surface area contributed by atoms with E-state index in [4.69, 9.17) is 21.5 Å². The van der Waals surface area contributed by atoms with Crippen molar-refractivity contribution in [2.45, 2.75) is 19.4 Å². The number of fused-ring (bicyclic) bond motifs is 1. The number of nitriles is 2. The summed E-state index contributed by atoms with van der Waals surface area (Å²) in [6.45, 7) is 2.36. The minimum Gasteiger partial charge on any atom is -0.493 e. The number of nitrogens with two attached hydrogens (primary N) is 2. The molecule has 0 amide bonds. The van der Waals surface area contributed by atoms with Crippen LogP contribution in [0.5, 0.6) is 5.75 Å². The van der Waals surface area contributed by atoms with Crippen LogP contribution in [0, 0.1) is 28.6 Å². The highest BCUT2D eigenvalue weighted by Gasteiger charge is 2.30.